The first kappa shape index (κ1) is 12.2. The molecule has 0 bridgehead atoms. The fourth-order valence-electron chi connectivity index (χ4n) is 1.42. The van der Waals surface area contributed by atoms with Gasteiger partial charge in [0.15, 0.2) is 5.82 Å². The van der Waals surface area contributed by atoms with E-state index in [2.05, 4.69) is 4.99 Å². The van der Waals surface area contributed by atoms with Gasteiger partial charge in [0.1, 0.15) is 11.6 Å². The number of aliphatic imine (C=N–C) groups is 1. The van der Waals surface area contributed by atoms with E-state index >= 15 is 0 Å². The molecule has 2 rings (SSSR count). The third kappa shape index (κ3) is 2.91. The molecule has 2 aromatic carbocycles. The smallest absolute Gasteiger partial charge is 0.151 e. The zero-order valence-corrected chi connectivity index (χ0v) is 9.73. The van der Waals surface area contributed by atoms with Crippen molar-refractivity contribution < 1.29 is 13.5 Å². The Bertz CT molecular complexity index is 565. The summed E-state index contributed by atoms with van der Waals surface area (Å²) in [5, 5.41) is 0. The van der Waals surface area contributed by atoms with Crippen molar-refractivity contribution in [3.63, 3.8) is 0 Å². The second-order valence-corrected chi connectivity index (χ2v) is 3.63. The molecule has 2 nitrogen and oxygen atoms in total. The van der Waals surface area contributed by atoms with Gasteiger partial charge in [-0.3, -0.25) is 4.99 Å². The molecule has 0 aromatic heterocycles. The topological polar surface area (TPSA) is 21.6 Å². The number of ether oxygens (including phenoxy) is 1. The molecule has 18 heavy (non-hydrogen) atoms. The highest BCUT2D eigenvalue weighted by molar-refractivity contribution is 5.82. The lowest BCUT2D eigenvalue weighted by atomic mass is 10.2. The normalized spacial score (nSPS) is 10.8. The van der Waals surface area contributed by atoms with E-state index in [0.29, 0.717) is 0 Å². The van der Waals surface area contributed by atoms with Crippen LogP contribution >= 0.6 is 0 Å². The van der Waals surface area contributed by atoms with Crippen LogP contribution in [0.25, 0.3) is 0 Å². The summed E-state index contributed by atoms with van der Waals surface area (Å²) in [5.41, 5.74) is 0.909. The van der Waals surface area contributed by atoms with Crippen molar-refractivity contribution in [3.05, 3.63) is 59.7 Å². The van der Waals surface area contributed by atoms with E-state index in [9.17, 15) is 8.78 Å². The number of methoxy groups -OCH3 is 1. The Morgan fingerprint density at radius 2 is 1.78 bits per heavy atom. The predicted molar refractivity (Wildman–Crippen MR) is 66.6 cm³/mol. The highest BCUT2D eigenvalue weighted by Crippen LogP contribution is 2.18. The summed E-state index contributed by atoms with van der Waals surface area (Å²) in [7, 11) is 1.58. The standard InChI is InChI=1S/C14H11F2NO/c1-18-12-5-2-10(3-6-12)9-17-14-7-4-11(15)8-13(14)16/h2-9H,1H3/b17-9+. The van der Waals surface area contributed by atoms with Crippen molar-refractivity contribution in [2.75, 3.05) is 7.11 Å². The number of rotatable bonds is 3. The summed E-state index contributed by atoms with van der Waals surface area (Å²) in [4.78, 5) is 3.97. The van der Waals surface area contributed by atoms with Crippen LogP contribution in [-0.2, 0) is 0 Å². The Hall–Kier alpha value is -2.23. The zero-order valence-electron chi connectivity index (χ0n) is 9.73. The van der Waals surface area contributed by atoms with Crippen LogP contribution in [0.1, 0.15) is 5.56 Å². The minimum Gasteiger partial charge on any atom is -0.497 e. The van der Waals surface area contributed by atoms with Crippen LogP contribution < -0.4 is 4.74 Å². The highest BCUT2D eigenvalue weighted by Gasteiger charge is 2.01. The Morgan fingerprint density at radius 3 is 2.39 bits per heavy atom. The lowest BCUT2D eigenvalue weighted by Gasteiger charge is -1.99. The van der Waals surface area contributed by atoms with E-state index in [-0.39, 0.29) is 5.69 Å². The maximum Gasteiger partial charge on any atom is 0.151 e. The van der Waals surface area contributed by atoms with Crippen molar-refractivity contribution in [2.24, 2.45) is 4.99 Å². The molecule has 0 saturated carbocycles. The largest absolute Gasteiger partial charge is 0.497 e. The monoisotopic (exact) mass is 247 g/mol. The molecule has 92 valence electrons. The van der Waals surface area contributed by atoms with E-state index < -0.39 is 11.6 Å². The van der Waals surface area contributed by atoms with Crippen LogP contribution in [0.2, 0.25) is 0 Å². The van der Waals surface area contributed by atoms with Gasteiger partial charge < -0.3 is 4.74 Å². The van der Waals surface area contributed by atoms with E-state index in [1.807, 2.05) is 0 Å². The SMILES string of the molecule is COc1ccc(/C=N/c2ccc(F)cc2F)cc1. The first-order valence-electron chi connectivity index (χ1n) is 5.32. The Kier molecular flexibility index (Phi) is 3.67. The first-order chi connectivity index (χ1) is 8.69. The molecular formula is C14H11F2NO. The number of nitrogens with zero attached hydrogens (tertiary/aromatic N) is 1. The first-order valence-corrected chi connectivity index (χ1v) is 5.32. The van der Waals surface area contributed by atoms with Crippen molar-refractivity contribution in [3.8, 4) is 5.75 Å². The molecule has 0 fully saturated rings. The third-order valence-electron chi connectivity index (χ3n) is 2.38. The third-order valence-corrected chi connectivity index (χ3v) is 2.38. The summed E-state index contributed by atoms with van der Waals surface area (Å²) in [6.07, 6.45) is 1.51. The molecule has 0 atom stereocenters. The lowest BCUT2D eigenvalue weighted by molar-refractivity contribution is 0.415. The molecule has 0 unspecified atom stereocenters. The maximum atomic E-state index is 13.3. The predicted octanol–water partition coefficient (Wildman–Crippen LogP) is 3.72. The number of halogens is 2. The van der Waals surface area contributed by atoms with Crippen molar-refractivity contribution in [1.29, 1.82) is 0 Å². The molecule has 0 N–H and O–H groups in total. The second-order valence-electron chi connectivity index (χ2n) is 3.63. The van der Waals surface area contributed by atoms with Gasteiger partial charge in [0.05, 0.1) is 12.8 Å². The molecule has 4 heteroatoms. The average Bonchev–Trinajstić information content (AvgIpc) is 2.38. The molecular weight excluding hydrogens is 236 g/mol. The minimum absolute atomic E-state index is 0.104. The highest BCUT2D eigenvalue weighted by atomic mass is 19.1. The fraction of sp³-hybridized carbons (Fsp3) is 0.0714. The summed E-state index contributed by atoms with van der Waals surface area (Å²) >= 11 is 0. The molecule has 0 aliphatic heterocycles. The Balaban J connectivity index is 2.19. The van der Waals surface area contributed by atoms with Gasteiger partial charge in [-0.1, -0.05) is 0 Å². The molecule has 0 amide bonds. The molecule has 0 spiro atoms. The van der Waals surface area contributed by atoms with Gasteiger partial charge in [0, 0.05) is 12.3 Å². The minimum atomic E-state index is -0.681. The van der Waals surface area contributed by atoms with Crippen molar-refractivity contribution in [1.82, 2.24) is 0 Å². The van der Waals surface area contributed by atoms with Gasteiger partial charge in [0.2, 0.25) is 0 Å². The summed E-state index contributed by atoms with van der Waals surface area (Å²) < 4.78 is 31.0. The van der Waals surface area contributed by atoms with Crippen LogP contribution in [0.4, 0.5) is 14.5 Å². The molecule has 0 saturated heterocycles. The quantitative estimate of drug-likeness (QED) is 0.757. The average molecular weight is 247 g/mol. The lowest BCUT2D eigenvalue weighted by Crippen LogP contribution is -1.85. The molecule has 0 aliphatic rings. The van der Waals surface area contributed by atoms with Crippen molar-refractivity contribution >= 4 is 11.9 Å². The fourth-order valence-corrected chi connectivity index (χ4v) is 1.42. The van der Waals surface area contributed by atoms with E-state index in [1.165, 1.54) is 18.3 Å². The van der Waals surface area contributed by atoms with Crippen LogP contribution in [0, 0.1) is 11.6 Å². The molecule has 0 radical (unpaired) electrons. The maximum absolute atomic E-state index is 13.3. The van der Waals surface area contributed by atoms with Gasteiger partial charge in [-0.15, -0.1) is 0 Å². The number of hydrogen-bond donors (Lipinski definition) is 0. The van der Waals surface area contributed by atoms with E-state index in [0.717, 1.165) is 17.4 Å². The van der Waals surface area contributed by atoms with Gasteiger partial charge in [-0.25, -0.2) is 8.78 Å². The Morgan fingerprint density at radius 1 is 1.06 bits per heavy atom. The van der Waals surface area contributed by atoms with Gasteiger partial charge >= 0.3 is 0 Å². The van der Waals surface area contributed by atoms with Crippen LogP contribution in [0.15, 0.2) is 47.5 Å². The van der Waals surface area contributed by atoms with Gasteiger partial charge in [-0.2, -0.15) is 0 Å². The van der Waals surface area contributed by atoms with Crippen molar-refractivity contribution in [2.45, 2.75) is 0 Å². The Labute approximate surface area is 104 Å². The number of benzene rings is 2. The van der Waals surface area contributed by atoms with E-state index in [1.54, 1.807) is 31.4 Å². The molecule has 0 aliphatic carbocycles. The van der Waals surface area contributed by atoms with E-state index in [4.69, 9.17) is 4.74 Å². The molecule has 2 aromatic rings. The number of hydrogen-bond acceptors (Lipinski definition) is 2. The van der Waals surface area contributed by atoms with Gasteiger partial charge in [-0.05, 0) is 42.0 Å². The zero-order chi connectivity index (χ0) is 13.0. The van der Waals surface area contributed by atoms with Crippen LogP contribution in [-0.4, -0.2) is 13.3 Å². The summed E-state index contributed by atoms with van der Waals surface area (Å²) in [5.74, 6) is -0.559. The summed E-state index contributed by atoms with van der Waals surface area (Å²) in [6.45, 7) is 0. The van der Waals surface area contributed by atoms with Crippen LogP contribution in [0.5, 0.6) is 5.75 Å². The summed E-state index contributed by atoms with van der Waals surface area (Å²) in [6, 6.07) is 10.4. The van der Waals surface area contributed by atoms with Gasteiger partial charge in [0.25, 0.3) is 0 Å². The second kappa shape index (κ2) is 5.40. The molecule has 0 heterocycles. The van der Waals surface area contributed by atoms with Crippen LogP contribution in [0.3, 0.4) is 0 Å².